The maximum Gasteiger partial charge on any atom is 0.309 e. The number of hydrogen-bond acceptors (Lipinski definition) is 3. The zero-order valence-corrected chi connectivity index (χ0v) is 12.2. The van der Waals surface area contributed by atoms with Gasteiger partial charge >= 0.3 is 5.97 Å². The largest absolute Gasteiger partial charge is 0.481 e. The second kappa shape index (κ2) is 5.72. The Morgan fingerprint density at radius 1 is 1.43 bits per heavy atom. The third-order valence-electron chi connectivity index (χ3n) is 4.08. The van der Waals surface area contributed by atoms with E-state index < -0.39 is 5.97 Å². The first-order valence-corrected chi connectivity index (χ1v) is 7.49. The smallest absolute Gasteiger partial charge is 0.309 e. The molecule has 0 amide bonds. The maximum atomic E-state index is 11.0. The number of benzene rings is 1. The molecule has 1 aliphatic rings. The minimum Gasteiger partial charge on any atom is -0.481 e. The lowest BCUT2D eigenvalue weighted by molar-refractivity contribution is -0.136. The summed E-state index contributed by atoms with van der Waals surface area (Å²) in [5.74, 6) is -0.163. The van der Waals surface area contributed by atoms with Crippen LogP contribution >= 0.6 is 0 Å². The van der Waals surface area contributed by atoms with Crippen LogP contribution in [0.4, 0.5) is 5.69 Å². The molecule has 2 aromatic rings. The zero-order valence-electron chi connectivity index (χ0n) is 12.2. The van der Waals surface area contributed by atoms with E-state index in [1.807, 2.05) is 24.3 Å². The van der Waals surface area contributed by atoms with Gasteiger partial charge in [0.25, 0.3) is 0 Å². The normalized spacial score (nSPS) is 18.9. The number of aromatic nitrogens is 1. The van der Waals surface area contributed by atoms with Crippen molar-refractivity contribution in [1.29, 1.82) is 0 Å². The van der Waals surface area contributed by atoms with Gasteiger partial charge in [0.05, 0.1) is 17.6 Å². The van der Waals surface area contributed by atoms with Crippen LogP contribution in [0.15, 0.2) is 30.3 Å². The predicted octanol–water partition coefficient (Wildman–Crippen LogP) is 3.10. The first-order valence-electron chi connectivity index (χ1n) is 7.49. The van der Waals surface area contributed by atoms with Crippen LogP contribution in [0.2, 0.25) is 0 Å². The Bertz CT molecular complexity index is 669. The highest BCUT2D eigenvalue weighted by molar-refractivity contribution is 5.92. The van der Waals surface area contributed by atoms with E-state index in [0.29, 0.717) is 11.6 Å². The number of anilines is 1. The van der Waals surface area contributed by atoms with E-state index in [4.69, 9.17) is 5.11 Å². The second-order valence-corrected chi connectivity index (χ2v) is 5.91. The average molecular weight is 284 g/mol. The number of carbonyl (C=O) groups is 1. The molecule has 1 fully saturated rings. The molecule has 4 nitrogen and oxygen atoms in total. The number of pyridine rings is 1. The van der Waals surface area contributed by atoms with Gasteiger partial charge in [-0.25, -0.2) is 0 Å². The number of para-hydroxylation sites is 1. The summed E-state index contributed by atoms with van der Waals surface area (Å²) >= 11 is 0. The zero-order chi connectivity index (χ0) is 14.8. The predicted molar refractivity (Wildman–Crippen MR) is 83.7 cm³/mol. The number of piperidine rings is 1. The molecule has 0 radical (unpaired) electrons. The van der Waals surface area contributed by atoms with E-state index in [1.165, 1.54) is 12.8 Å². The van der Waals surface area contributed by atoms with Crippen LogP contribution in [-0.2, 0) is 11.2 Å². The van der Waals surface area contributed by atoms with Crippen LogP contribution in [0.1, 0.15) is 25.5 Å². The molecule has 1 unspecified atom stereocenters. The highest BCUT2D eigenvalue weighted by Gasteiger charge is 2.19. The summed E-state index contributed by atoms with van der Waals surface area (Å²) in [5, 5.41) is 10.1. The Morgan fingerprint density at radius 2 is 2.24 bits per heavy atom. The molecule has 1 atom stereocenters. The molecule has 0 saturated carbocycles. The lowest BCUT2D eigenvalue weighted by atomic mass is 9.99. The number of aliphatic carboxylic acids is 1. The summed E-state index contributed by atoms with van der Waals surface area (Å²) < 4.78 is 0. The van der Waals surface area contributed by atoms with Crippen molar-refractivity contribution in [3.8, 4) is 0 Å². The van der Waals surface area contributed by atoms with Gasteiger partial charge in [-0.1, -0.05) is 25.1 Å². The molecule has 0 bridgehead atoms. The molecule has 1 aromatic heterocycles. The molecule has 1 saturated heterocycles. The van der Waals surface area contributed by atoms with E-state index in [-0.39, 0.29) is 6.42 Å². The minimum absolute atomic E-state index is 0.0266. The van der Waals surface area contributed by atoms with Crippen molar-refractivity contribution in [2.75, 3.05) is 18.0 Å². The molecule has 3 rings (SSSR count). The lowest BCUT2D eigenvalue weighted by Crippen LogP contribution is -2.34. The van der Waals surface area contributed by atoms with Crippen LogP contribution in [-0.4, -0.2) is 29.1 Å². The van der Waals surface area contributed by atoms with Crippen molar-refractivity contribution in [3.63, 3.8) is 0 Å². The average Bonchev–Trinajstić information content (AvgIpc) is 2.46. The molecule has 1 aliphatic heterocycles. The molecule has 0 spiro atoms. The highest BCUT2D eigenvalue weighted by atomic mass is 16.4. The van der Waals surface area contributed by atoms with Crippen molar-refractivity contribution in [3.05, 3.63) is 36.0 Å². The summed E-state index contributed by atoms with van der Waals surface area (Å²) in [5.41, 5.74) is 2.64. The standard InChI is InChI=1S/C17H20N2O2/c1-12-5-4-8-19(11-12)16-9-13(10-17(20)21)18-15-7-3-2-6-14(15)16/h2-3,6-7,9,12H,4-5,8,10-11H2,1H3,(H,20,21). The molecule has 1 N–H and O–H groups in total. The molecule has 21 heavy (non-hydrogen) atoms. The Morgan fingerprint density at radius 3 is 3.00 bits per heavy atom. The quantitative estimate of drug-likeness (QED) is 0.941. The molecule has 0 aliphatic carbocycles. The van der Waals surface area contributed by atoms with Crippen molar-refractivity contribution in [1.82, 2.24) is 4.98 Å². The van der Waals surface area contributed by atoms with E-state index in [2.05, 4.69) is 22.9 Å². The van der Waals surface area contributed by atoms with Gasteiger partial charge in [-0.3, -0.25) is 9.78 Å². The Balaban J connectivity index is 2.07. The van der Waals surface area contributed by atoms with E-state index in [0.717, 1.165) is 29.7 Å². The van der Waals surface area contributed by atoms with Crippen LogP contribution in [0.5, 0.6) is 0 Å². The summed E-state index contributed by atoms with van der Waals surface area (Å²) in [6.45, 7) is 4.33. The van der Waals surface area contributed by atoms with E-state index in [9.17, 15) is 4.79 Å². The molecule has 110 valence electrons. The summed E-state index contributed by atoms with van der Waals surface area (Å²) in [6, 6.07) is 9.94. The van der Waals surface area contributed by atoms with E-state index >= 15 is 0 Å². The third kappa shape index (κ3) is 2.99. The van der Waals surface area contributed by atoms with Gasteiger partial charge in [-0.2, -0.15) is 0 Å². The summed E-state index contributed by atoms with van der Waals surface area (Å²) in [4.78, 5) is 17.9. The molecule has 1 aromatic carbocycles. The van der Waals surface area contributed by atoms with Gasteiger partial charge in [-0.05, 0) is 30.9 Å². The Hall–Kier alpha value is -2.10. The lowest BCUT2D eigenvalue weighted by Gasteiger charge is -2.33. The fraction of sp³-hybridized carbons (Fsp3) is 0.412. The Labute approximate surface area is 124 Å². The van der Waals surface area contributed by atoms with Gasteiger partial charge in [0.2, 0.25) is 0 Å². The molecule has 2 heterocycles. The summed E-state index contributed by atoms with van der Waals surface area (Å²) in [6.07, 6.45) is 2.43. The van der Waals surface area contributed by atoms with Crippen molar-refractivity contribution in [2.45, 2.75) is 26.2 Å². The van der Waals surface area contributed by atoms with E-state index in [1.54, 1.807) is 0 Å². The van der Waals surface area contributed by atoms with Crippen LogP contribution in [0.25, 0.3) is 10.9 Å². The van der Waals surface area contributed by atoms with Gasteiger partial charge in [0, 0.05) is 24.2 Å². The fourth-order valence-electron chi connectivity index (χ4n) is 3.13. The monoisotopic (exact) mass is 284 g/mol. The van der Waals surface area contributed by atoms with Crippen LogP contribution < -0.4 is 4.90 Å². The fourth-order valence-corrected chi connectivity index (χ4v) is 3.13. The minimum atomic E-state index is -0.837. The van der Waals surface area contributed by atoms with Crippen LogP contribution in [0.3, 0.4) is 0 Å². The number of carboxylic acids is 1. The van der Waals surface area contributed by atoms with Crippen molar-refractivity contribution >= 4 is 22.6 Å². The maximum absolute atomic E-state index is 11.0. The molecule has 4 heteroatoms. The van der Waals surface area contributed by atoms with Crippen molar-refractivity contribution < 1.29 is 9.90 Å². The molecular formula is C17H20N2O2. The van der Waals surface area contributed by atoms with Crippen LogP contribution in [0, 0.1) is 5.92 Å². The summed E-state index contributed by atoms with van der Waals surface area (Å²) in [7, 11) is 0. The first-order chi connectivity index (χ1) is 10.1. The molecular weight excluding hydrogens is 264 g/mol. The number of fused-ring (bicyclic) bond motifs is 1. The number of hydrogen-bond donors (Lipinski definition) is 1. The first kappa shape index (κ1) is 13.9. The second-order valence-electron chi connectivity index (χ2n) is 5.91. The van der Waals surface area contributed by atoms with Gasteiger partial charge in [-0.15, -0.1) is 0 Å². The number of rotatable bonds is 3. The van der Waals surface area contributed by atoms with Gasteiger partial charge in [0.1, 0.15) is 0 Å². The third-order valence-corrected chi connectivity index (χ3v) is 4.08. The Kier molecular flexibility index (Phi) is 3.78. The van der Waals surface area contributed by atoms with Crippen molar-refractivity contribution in [2.24, 2.45) is 5.92 Å². The SMILES string of the molecule is CC1CCCN(c2cc(CC(=O)O)nc3ccccc23)C1. The number of nitrogens with zero attached hydrogens (tertiary/aromatic N) is 2. The van der Waals surface area contributed by atoms with Gasteiger partial charge < -0.3 is 10.0 Å². The van der Waals surface area contributed by atoms with Gasteiger partial charge in [0.15, 0.2) is 0 Å². The topological polar surface area (TPSA) is 53.4 Å². The highest BCUT2D eigenvalue weighted by Crippen LogP contribution is 2.30. The number of carboxylic acid groups (broad SMARTS) is 1.